The molecule has 0 saturated heterocycles. The maximum atomic E-state index is 13.2. The van der Waals surface area contributed by atoms with Gasteiger partial charge in [-0.3, -0.25) is 0 Å². The fourth-order valence-corrected chi connectivity index (χ4v) is 3.02. The van der Waals surface area contributed by atoms with E-state index in [1.165, 1.54) is 17.1 Å². The molecule has 1 aromatic heterocycles. The Labute approximate surface area is 110 Å². The summed E-state index contributed by atoms with van der Waals surface area (Å²) < 4.78 is 39.0. The smallest absolute Gasteiger partial charge is 0.185 e. The van der Waals surface area contributed by atoms with Gasteiger partial charge in [0.15, 0.2) is 9.84 Å². The Bertz CT molecular complexity index is 676. The monoisotopic (exact) mass is 284 g/mol. The third kappa shape index (κ3) is 2.90. The van der Waals surface area contributed by atoms with Crippen molar-refractivity contribution < 1.29 is 12.8 Å². The van der Waals surface area contributed by atoms with Crippen LogP contribution in [0.15, 0.2) is 29.4 Å². The van der Waals surface area contributed by atoms with Gasteiger partial charge in [0.25, 0.3) is 0 Å². The molecule has 0 aliphatic heterocycles. The molecule has 19 heavy (non-hydrogen) atoms. The highest BCUT2D eigenvalue weighted by molar-refractivity contribution is 7.90. The summed E-state index contributed by atoms with van der Waals surface area (Å²) in [5.41, 5.74) is 5.51. The van der Waals surface area contributed by atoms with Gasteiger partial charge in [-0.05, 0) is 25.1 Å². The Hall–Kier alpha value is -1.96. The average molecular weight is 284 g/mol. The number of nitrogens with zero attached hydrogens (tertiary/aromatic N) is 3. The van der Waals surface area contributed by atoms with Gasteiger partial charge in [0, 0.05) is 12.2 Å². The maximum absolute atomic E-state index is 13.2. The summed E-state index contributed by atoms with van der Waals surface area (Å²) in [6, 6.07) is 3.23. The second-order valence-corrected chi connectivity index (χ2v) is 5.96. The summed E-state index contributed by atoms with van der Waals surface area (Å²) in [4.78, 5) is 3.73. The molecule has 0 unspecified atom stereocenters. The molecule has 1 aromatic carbocycles. The van der Waals surface area contributed by atoms with Crippen LogP contribution in [-0.4, -0.2) is 23.2 Å². The van der Waals surface area contributed by atoms with Crippen molar-refractivity contribution in [2.75, 3.05) is 5.73 Å². The minimum Gasteiger partial charge on any atom is -0.399 e. The zero-order valence-corrected chi connectivity index (χ0v) is 11.1. The fourth-order valence-electron chi connectivity index (χ4n) is 1.68. The molecule has 1 heterocycles. The van der Waals surface area contributed by atoms with Gasteiger partial charge in [0.1, 0.15) is 23.7 Å². The molecule has 2 aromatic rings. The molecule has 2 N–H and O–H groups in total. The van der Waals surface area contributed by atoms with E-state index in [1.54, 1.807) is 0 Å². The van der Waals surface area contributed by atoms with Gasteiger partial charge < -0.3 is 5.73 Å². The van der Waals surface area contributed by atoms with Gasteiger partial charge in [-0.1, -0.05) is 0 Å². The SMILES string of the molecule is CCn1ncnc1CS(=O)(=O)c1cc(N)cc(F)c1. The van der Waals surface area contributed by atoms with Gasteiger partial charge in [0.2, 0.25) is 0 Å². The van der Waals surface area contributed by atoms with Crippen molar-refractivity contribution in [2.45, 2.75) is 24.1 Å². The first-order chi connectivity index (χ1) is 8.92. The second-order valence-electron chi connectivity index (χ2n) is 3.97. The lowest BCUT2D eigenvalue weighted by Crippen LogP contribution is -2.12. The van der Waals surface area contributed by atoms with E-state index in [0.29, 0.717) is 12.4 Å². The molecule has 0 radical (unpaired) electrons. The summed E-state index contributed by atoms with van der Waals surface area (Å²) in [5, 5.41) is 3.89. The van der Waals surface area contributed by atoms with Crippen LogP contribution in [0.2, 0.25) is 0 Å². The first-order valence-electron chi connectivity index (χ1n) is 5.58. The molecule has 0 saturated carbocycles. The Balaban J connectivity index is 2.38. The molecule has 102 valence electrons. The van der Waals surface area contributed by atoms with E-state index in [0.717, 1.165) is 12.1 Å². The first-order valence-corrected chi connectivity index (χ1v) is 7.23. The maximum Gasteiger partial charge on any atom is 0.185 e. The van der Waals surface area contributed by atoms with E-state index in [4.69, 9.17) is 5.73 Å². The number of nitrogens with two attached hydrogens (primary N) is 1. The molecule has 0 atom stereocenters. The number of hydrogen-bond donors (Lipinski definition) is 1. The van der Waals surface area contributed by atoms with Crippen molar-refractivity contribution in [3.63, 3.8) is 0 Å². The van der Waals surface area contributed by atoms with Crippen LogP contribution in [-0.2, 0) is 22.1 Å². The van der Waals surface area contributed by atoms with Gasteiger partial charge in [0.05, 0.1) is 4.90 Å². The molecule has 8 heteroatoms. The zero-order valence-electron chi connectivity index (χ0n) is 10.2. The molecule has 0 spiro atoms. The van der Waals surface area contributed by atoms with E-state index in [-0.39, 0.29) is 16.3 Å². The Kier molecular flexibility index (Phi) is 3.52. The standard InChI is InChI=1S/C11H13FN4O2S/c1-2-16-11(14-7-15-16)6-19(17,18)10-4-8(12)3-9(13)5-10/h3-5,7H,2,6,13H2,1H3. The van der Waals surface area contributed by atoms with E-state index in [9.17, 15) is 12.8 Å². The van der Waals surface area contributed by atoms with Crippen molar-refractivity contribution >= 4 is 15.5 Å². The number of aromatic nitrogens is 3. The highest BCUT2D eigenvalue weighted by Crippen LogP contribution is 2.19. The molecular weight excluding hydrogens is 271 g/mol. The van der Waals surface area contributed by atoms with E-state index in [2.05, 4.69) is 10.1 Å². The molecular formula is C11H13FN4O2S. The van der Waals surface area contributed by atoms with Crippen LogP contribution in [0.4, 0.5) is 10.1 Å². The van der Waals surface area contributed by atoms with Crippen LogP contribution in [0.25, 0.3) is 0 Å². The summed E-state index contributed by atoms with van der Waals surface area (Å²) in [6.45, 7) is 2.33. The van der Waals surface area contributed by atoms with Gasteiger partial charge >= 0.3 is 0 Å². The Morgan fingerprint density at radius 1 is 1.37 bits per heavy atom. The number of benzene rings is 1. The number of sulfone groups is 1. The lowest BCUT2D eigenvalue weighted by molar-refractivity contribution is 0.580. The van der Waals surface area contributed by atoms with Crippen molar-refractivity contribution in [1.29, 1.82) is 0 Å². The highest BCUT2D eigenvalue weighted by Gasteiger charge is 2.20. The number of hydrogen-bond acceptors (Lipinski definition) is 5. The quantitative estimate of drug-likeness (QED) is 0.845. The number of aryl methyl sites for hydroxylation is 1. The van der Waals surface area contributed by atoms with Crippen LogP contribution in [0.5, 0.6) is 0 Å². The summed E-state index contributed by atoms with van der Waals surface area (Å²) in [5.74, 6) is -0.718. The normalized spacial score (nSPS) is 11.7. The van der Waals surface area contributed by atoms with Crippen LogP contribution in [0.3, 0.4) is 0 Å². The molecule has 0 aliphatic rings. The predicted molar refractivity (Wildman–Crippen MR) is 67.4 cm³/mol. The van der Waals surface area contributed by atoms with Gasteiger partial charge in [-0.25, -0.2) is 22.5 Å². The number of anilines is 1. The lowest BCUT2D eigenvalue weighted by atomic mass is 10.3. The minimum atomic E-state index is -3.70. The minimum absolute atomic E-state index is 0.0653. The van der Waals surface area contributed by atoms with Crippen molar-refractivity contribution in [3.05, 3.63) is 36.2 Å². The van der Waals surface area contributed by atoms with Gasteiger partial charge in [-0.2, -0.15) is 5.10 Å². The molecule has 0 amide bonds. The number of nitrogen functional groups attached to an aromatic ring is 1. The Morgan fingerprint density at radius 2 is 2.11 bits per heavy atom. The molecule has 2 rings (SSSR count). The third-order valence-corrected chi connectivity index (χ3v) is 4.16. The summed E-state index contributed by atoms with van der Waals surface area (Å²) >= 11 is 0. The summed E-state index contributed by atoms with van der Waals surface area (Å²) in [7, 11) is -3.70. The largest absolute Gasteiger partial charge is 0.399 e. The summed E-state index contributed by atoms with van der Waals surface area (Å²) in [6.07, 6.45) is 1.29. The molecule has 6 nitrogen and oxygen atoms in total. The van der Waals surface area contributed by atoms with Crippen molar-refractivity contribution in [1.82, 2.24) is 14.8 Å². The van der Waals surface area contributed by atoms with Crippen molar-refractivity contribution in [2.24, 2.45) is 0 Å². The fraction of sp³-hybridized carbons (Fsp3) is 0.273. The second kappa shape index (κ2) is 4.96. The molecule has 0 aliphatic carbocycles. The lowest BCUT2D eigenvalue weighted by Gasteiger charge is -2.06. The van der Waals surface area contributed by atoms with Crippen LogP contribution < -0.4 is 5.73 Å². The van der Waals surface area contributed by atoms with E-state index < -0.39 is 15.7 Å². The van der Waals surface area contributed by atoms with Crippen LogP contribution in [0, 0.1) is 5.82 Å². The third-order valence-electron chi connectivity index (χ3n) is 2.57. The Morgan fingerprint density at radius 3 is 2.74 bits per heavy atom. The van der Waals surface area contributed by atoms with Crippen molar-refractivity contribution in [3.8, 4) is 0 Å². The highest BCUT2D eigenvalue weighted by atomic mass is 32.2. The zero-order chi connectivity index (χ0) is 14.0. The van der Waals surface area contributed by atoms with Crippen LogP contribution in [0.1, 0.15) is 12.7 Å². The number of rotatable bonds is 4. The van der Waals surface area contributed by atoms with E-state index in [1.807, 2.05) is 6.92 Å². The molecule has 0 fully saturated rings. The van der Waals surface area contributed by atoms with E-state index >= 15 is 0 Å². The van der Waals surface area contributed by atoms with Gasteiger partial charge in [-0.15, -0.1) is 0 Å². The molecule has 0 bridgehead atoms. The predicted octanol–water partition coefficient (Wildman–Crippen LogP) is 0.993. The first kappa shape index (κ1) is 13.5. The van der Waals surface area contributed by atoms with Crippen LogP contribution >= 0.6 is 0 Å². The number of halogens is 1. The topological polar surface area (TPSA) is 90.9 Å². The average Bonchev–Trinajstić information content (AvgIpc) is 2.74.